The Bertz CT molecular complexity index is 719. The van der Waals surface area contributed by atoms with E-state index in [9.17, 15) is 0 Å². The van der Waals surface area contributed by atoms with Gasteiger partial charge in [-0.3, -0.25) is 0 Å². The third-order valence-corrected chi connectivity index (χ3v) is 4.83. The topological polar surface area (TPSA) is 74.8 Å². The van der Waals surface area contributed by atoms with Crippen LogP contribution in [0.25, 0.3) is 11.0 Å². The van der Waals surface area contributed by atoms with E-state index in [2.05, 4.69) is 38.9 Å². The lowest BCUT2D eigenvalue weighted by molar-refractivity contribution is 0.445. The summed E-state index contributed by atoms with van der Waals surface area (Å²) >= 11 is 0. The van der Waals surface area contributed by atoms with Gasteiger partial charge in [0.05, 0.1) is 5.39 Å². The van der Waals surface area contributed by atoms with Gasteiger partial charge >= 0.3 is 0 Å². The predicted molar refractivity (Wildman–Crippen MR) is 93.0 cm³/mol. The van der Waals surface area contributed by atoms with Crippen molar-refractivity contribution in [1.29, 1.82) is 0 Å². The summed E-state index contributed by atoms with van der Waals surface area (Å²) < 4.78 is 0. The first kappa shape index (κ1) is 14.6. The van der Waals surface area contributed by atoms with Crippen molar-refractivity contribution in [1.82, 2.24) is 20.3 Å². The number of aryl methyl sites for hydroxylation is 2. The molecule has 2 aromatic heterocycles. The van der Waals surface area contributed by atoms with E-state index in [0.717, 1.165) is 42.1 Å². The molecule has 2 aromatic rings. The maximum Gasteiger partial charge on any atom is 0.226 e. The Hall–Kier alpha value is -1.95. The molecule has 1 saturated heterocycles. The normalized spacial score (nSPS) is 21.4. The summed E-state index contributed by atoms with van der Waals surface area (Å²) in [6.45, 7) is 6.14. The Kier molecular flexibility index (Phi) is 3.77. The highest BCUT2D eigenvalue weighted by molar-refractivity contribution is 5.90. The van der Waals surface area contributed by atoms with Crippen LogP contribution in [0.5, 0.6) is 0 Å². The Labute approximate surface area is 136 Å². The zero-order valence-electron chi connectivity index (χ0n) is 13.8. The monoisotopic (exact) mass is 312 g/mol. The fourth-order valence-corrected chi connectivity index (χ4v) is 3.35. The number of hydrogen-bond acceptors (Lipinski definition) is 6. The molecule has 1 saturated carbocycles. The molecule has 3 N–H and O–H groups in total. The van der Waals surface area contributed by atoms with Crippen molar-refractivity contribution in [3.8, 4) is 0 Å². The van der Waals surface area contributed by atoms with Crippen LogP contribution in [0, 0.1) is 13.8 Å². The van der Waals surface area contributed by atoms with Gasteiger partial charge in [0.2, 0.25) is 5.95 Å². The lowest BCUT2D eigenvalue weighted by atomic mass is 9.93. The van der Waals surface area contributed by atoms with Gasteiger partial charge in [0.15, 0.2) is 5.65 Å². The van der Waals surface area contributed by atoms with Gasteiger partial charge in [0, 0.05) is 24.3 Å². The van der Waals surface area contributed by atoms with Crippen molar-refractivity contribution in [3.63, 3.8) is 0 Å². The van der Waals surface area contributed by atoms with Gasteiger partial charge in [-0.15, -0.1) is 0 Å². The minimum Gasteiger partial charge on any atom is -0.367 e. The zero-order valence-corrected chi connectivity index (χ0v) is 13.8. The third kappa shape index (κ3) is 2.95. The van der Waals surface area contributed by atoms with E-state index in [1.165, 1.54) is 24.8 Å². The molecule has 2 fully saturated rings. The summed E-state index contributed by atoms with van der Waals surface area (Å²) in [5.41, 5.74) is 2.97. The van der Waals surface area contributed by atoms with E-state index in [-0.39, 0.29) is 0 Å². The van der Waals surface area contributed by atoms with Crippen molar-refractivity contribution in [2.24, 2.45) is 0 Å². The molecule has 1 aliphatic heterocycles. The molecule has 1 atom stereocenters. The van der Waals surface area contributed by atoms with Gasteiger partial charge in [-0.05, 0) is 57.7 Å². The average Bonchev–Trinajstić information content (AvgIpc) is 2.94. The highest BCUT2D eigenvalue weighted by Crippen LogP contribution is 2.29. The van der Waals surface area contributed by atoms with Crippen LogP contribution in [0.2, 0.25) is 0 Å². The molecule has 0 spiro atoms. The Morgan fingerprint density at radius 2 is 1.91 bits per heavy atom. The number of anilines is 2. The Balaban J connectivity index is 1.74. The van der Waals surface area contributed by atoms with Gasteiger partial charge in [0.1, 0.15) is 5.82 Å². The lowest BCUT2D eigenvalue weighted by Gasteiger charge is -2.28. The number of hydrogen-bond donors (Lipinski definition) is 3. The second-order valence-corrected chi connectivity index (χ2v) is 6.78. The second kappa shape index (κ2) is 5.92. The lowest BCUT2D eigenvalue weighted by Crippen LogP contribution is -2.28. The highest BCUT2D eigenvalue weighted by atomic mass is 15.2. The van der Waals surface area contributed by atoms with Crippen molar-refractivity contribution in [3.05, 3.63) is 17.3 Å². The number of pyridine rings is 1. The summed E-state index contributed by atoms with van der Waals surface area (Å²) in [6, 6.07) is 3.04. The fourth-order valence-electron chi connectivity index (χ4n) is 3.35. The minimum atomic E-state index is 0.398. The zero-order chi connectivity index (χ0) is 15.8. The molecule has 122 valence electrons. The molecule has 6 heteroatoms. The molecule has 1 aliphatic carbocycles. The fraction of sp³-hybridized carbons (Fsp3) is 0.588. The van der Waals surface area contributed by atoms with E-state index in [1.807, 2.05) is 6.92 Å². The summed E-state index contributed by atoms with van der Waals surface area (Å²) in [7, 11) is 0. The summed E-state index contributed by atoms with van der Waals surface area (Å²) in [4.78, 5) is 14.1. The van der Waals surface area contributed by atoms with E-state index < -0.39 is 0 Å². The van der Waals surface area contributed by atoms with Gasteiger partial charge in [0.25, 0.3) is 0 Å². The third-order valence-electron chi connectivity index (χ3n) is 4.83. The van der Waals surface area contributed by atoms with Crippen molar-refractivity contribution in [2.75, 3.05) is 23.7 Å². The first-order valence-corrected chi connectivity index (χ1v) is 8.59. The second-order valence-electron chi connectivity index (χ2n) is 6.78. The number of nitrogens with zero attached hydrogens (tertiary/aromatic N) is 3. The van der Waals surface area contributed by atoms with Gasteiger partial charge in [-0.2, -0.15) is 9.97 Å². The summed E-state index contributed by atoms with van der Waals surface area (Å²) in [6.07, 6.45) is 4.85. The van der Waals surface area contributed by atoms with Crippen LogP contribution in [-0.4, -0.2) is 40.1 Å². The molecular weight excluding hydrogens is 288 g/mol. The minimum absolute atomic E-state index is 0.398. The van der Waals surface area contributed by atoms with Gasteiger partial charge in [-0.1, -0.05) is 0 Å². The van der Waals surface area contributed by atoms with E-state index in [0.29, 0.717) is 18.0 Å². The van der Waals surface area contributed by atoms with Crippen LogP contribution in [0.3, 0.4) is 0 Å². The molecule has 1 unspecified atom stereocenters. The first-order valence-electron chi connectivity index (χ1n) is 8.59. The highest BCUT2D eigenvalue weighted by Gasteiger charge is 2.22. The number of aromatic nitrogens is 3. The average molecular weight is 312 g/mol. The molecular formula is C17H24N6. The molecule has 3 heterocycles. The van der Waals surface area contributed by atoms with E-state index in [1.54, 1.807) is 0 Å². The number of rotatable bonds is 4. The smallest absolute Gasteiger partial charge is 0.226 e. The van der Waals surface area contributed by atoms with Crippen molar-refractivity contribution < 1.29 is 0 Å². The molecule has 0 aromatic carbocycles. The van der Waals surface area contributed by atoms with E-state index in [4.69, 9.17) is 4.98 Å². The van der Waals surface area contributed by atoms with Crippen LogP contribution < -0.4 is 16.0 Å². The molecule has 0 amide bonds. The SMILES string of the molecule is Cc1cc(C)c2c(NC3CCC3)nc(NC3CCNC3)nc2n1. The summed E-state index contributed by atoms with van der Waals surface area (Å²) in [5.74, 6) is 1.61. The van der Waals surface area contributed by atoms with Crippen LogP contribution in [-0.2, 0) is 0 Å². The quantitative estimate of drug-likeness (QED) is 0.805. The van der Waals surface area contributed by atoms with Crippen molar-refractivity contribution >= 4 is 22.8 Å². The number of fused-ring (bicyclic) bond motifs is 1. The van der Waals surface area contributed by atoms with Gasteiger partial charge in [-0.25, -0.2) is 4.98 Å². The Morgan fingerprint density at radius 3 is 2.61 bits per heavy atom. The standard InChI is InChI=1S/C17H24N6/c1-10-8-11(2)19-15-14(10)16(20-12-4-3-5-12)23-17(22-15)21-13-6-7-18-9-13/h8,12-13,18H,3-7,9H2,1-2H3,(H2,19,20,21,22,23). The van der Waals surface area contributed by atoms with Crippen LogP contribution in [0.1, 0.15) is 36.9 Å². The van der Waals surface area contributed by atoms with Crippen LogP contribution in [0.15, 0.2) is 6.07 Å². The molecule has 6 nitrogen and oxygen atoms in total. The number of nitrogens with one attached hydrogen (secondary N) is 3. The first-order chi connectivity index (χ1) is 11.2. The maximum absolute atomic E-state index is 4.78. The molecule has 0 radical (unpaired) electrons. The van der Waals surface area contributed by atoms with Crippen LogP contribution >= 0.6 is 0 Å². The van der Waals surface area contributed by atoms with Crippen molar-refractivity contribution in [2.45, 2.75) is 51.6 Å². The Morgan fingerprint density at radius 1 is 1.04 bits per heavy atom. The molecule has 4 rings (SSSR count). The maximum atomic E-state index is 4.78. The molecule has 2 aliphatic rings. The summed E-state index contributed by atoms with van der Waals surface area (Å²) in [5, 5.41) is 11.5. The largest absolute Gasteiger partial charge is 0.367 e. The van der Waals surface area contributed by atoms with Crippen LogP contribution in [0.4, 0.5) is 11.8 Å². The molecule has 0 bridgehead atoms. The predicted octanol–water partition coefficient (Wildman–Crippen LogP) is 2.38. The van der Waals surface area contributed by atoms with E-state index >= 15 is 0 Å². The van der Waals surface area contributed by atoms with Gasteiger partial charge < -0.3 is 16.0 Å². The molecule has 23 heavy (non-hydrogen) atoms.